The number of nitrogens with zero attached hydrogens (tertiary/aromatic N) is 2. The van der Waals surface area contributed by atoms with Gasteiger partial charge in [-0.2, -0.15) is 0 Å². The van der Waals surface area contributed by atoms with Gasteiger partial charge in [-0.3, -0.25) is 4.79 Å². The Labute approximate surface area is 170 Å². The van der Waals surface area contributed by atoms with Crippen molar-refractivity contribution in [2.75, 3.05) is 18.5 Å². The third kappa shape index (κ3) is 4.97. The van der Waals surface area contributed by atoms with Gasteiger partial charge in [0.2, 0.25) is 0 Å². The van der Waals surface area contributed by atoms with Crippen molar-refractivity contribution in [3.8, 4) is 11.3 Å². The predicted octanol–water partition coefficient (Wildman–Crippen LogP) is 4.10. The average Bonchev–Trinajstić information content (AvgIpc) is 3.26. The summed E-state index contributed by atoms with van der Waals surface area (Å²) in [6.45, 7) is 3.40. The number of nitrogens with one attached hydrogen (secondary N) is 2. The maximum Gasteiger partial charge on any atom is 0.251 e. The first-order valence-electron chi connectivity index (χ1n) is 9.83. The van der Waals surface area contributed by atoms with Crippen LogP contribution in [0, 0.1) is 6.92 Å². The SMILES string of the molecule is Cc1cccc(-c2cc(Nc3ccc(C(=O)NCC4CCCO4)cc3)ncn2)c1. The van der Waals surface area contributed by atoms with E-state index in [9.17, 15) is 4.79 Å². The predicted molar refractivity (Wildman–Crippen MR) is 113 cm³/mol. The van der Waals surface area contributed by atoms with E-state index in [0.29, 0.717) is 17.9 Å². The molecule has 6 heteroatoms. The van der Waals surface area contributed by atoms with Gasteiger partial charge in [-0.15, -0.1) is 0 Å². The Morgan fingerprint density at radius 2 is 2.00 bits per heavy atom. The molecule has 1 aliphatic heterocycles. The molecule has 1 atom stereocenters. The first kappa shape index (κ1) is 19.1. The number of ether oxygens (including phenoxy) is 1. The van der Waals surface area contributed by atoms with Gasteiger partial charge in [0.15, 0.2) is 0 Å². The minimum absolute atomic E-state index is 0.0872. The lowest BCUT2D eigenvalue weighted by Crippen LogP contribution is -2.31. The van der Waals surface area contributed by atoms with E-state index in [4.69, 9.17) is 4.74 Å². The van der Waals surface area contributed by atoms with Crippen LogP contribution in [-0.2, 0) is 4.74 Å². The zero-order valence-corrected chi connectivity index (χ0v) is 16.4. The van der Waals surface area contributed by atoms with Gasteiger partial charge in [-0.25, -0.2) is 9.97 Å². The second-order valence-electron chi connectivity index (χ2n) is 7.21. The van der Waals surface area contributed by atoms with E-state index in [1.807, 2.05) is 30.3 Å². The summed E-state index contributed by atoms with van der Waals surface area (Å²) in [7, 11) is 0. The highest BCUT2D eigenvalue weighted by Crippen LogP contribution is 2.22. The summed E-state index contributed by atoms with van der Waals surface area (Å²) in [6.07, 6.45) is 3.76. The molecule has 1 saturated heterocycles. The summed E-state index contributed by atoms with van der Waals surface area (Å²) in [6, 6.07) is 17.5. The van der Waals surface area contributed by atoms with Gasteiger partial charge >= 0.3 is 0 Å². The van der Waals surface area contributed by atoms with Crippen molar-refractivity contribution in [2.45, 2.75) is 25.9 Å². The number of carbonyl (C=O) groups excluding carboxylic acids is 1. The van der Waals surface area contributed by atoms with E-state index in [-0.39, 0.29) is 12.0 Å². The quantitative estimate of drug-likeness (QED) is 0.665. The lowest BCUT2D eigenvalue weighted by Gasteiger charge is -2.11. The summed E-state index contributed by atoms with van der Waals surface area (Å²) in [5.74, 6) is 0.614. The number of amides is 1. The van der Waals surface area contributed by atoms with Crippen LogP contribution in [0.25, 0.3) is 11.3 Å². The molecule has 0 aliphatic carbocycles. The lowest BCUT2D eigenvalue weighted by molar-refractivity contribution is 0.0858. The molecule has 3 aromatic rings. The van der Waals surface area contributed by atoms with Crippen LogP contribution in [0.15, 0.2) is 60.9 Å². The van der Waals surface area contributed by atoms with Crippen LogP contribution in [0.5, 0.6) is 0 Å². The Kier molecular flexibility index (Phi) is 5.81. The fraction of sp³-hybridized carbons (Fsp3) is 0.261. The van der Waals surface area contributed by atoms with Crippen molar-refractivity contribution in [3.05, 3.63) is 72.1 Å². The number of rotatable bonds is 6. The molecule has 1 aromatic heterocycles. The molecule has 0 spiro atoms. The fourth-order valence-electron chi connectivity index (χ4n) is 3.35. The molecule has 0 saturated carbocycles. The van der Waals surface area contributed by atoms with Gasteiger partial charge in [-0.05, 0) is 50.1 Å². The first-order valence-corrected chi connectivity index (χ1v) is 9.83. The molecular weight excluding hydrogens is 364 g/mol. The minimum Gasteiger partial charge on any atom is -0.376 e. The van der Waals surface area contributed by atoms with Crippen molar-refractivity contribution in [1.29, 1.82) is 0 Å². The average molecular weight is 388 g/mol. The van der Waals surface area contributed by atoms with E-state index in [0.717, 1.165) is 36.4 Å². The molecule has 1 fully saturated rings. The molecule has 2 N–H and O–H groups in total. The lowest BCUT2D eigenvalue weighted by atomic mass is 10.1. The fourth-order valence-corrected chi connectivity index (χ4v) is 3.35. The van der Waals surface area contributed by atoms with E-state index >= 15 is 0 Å². The van der Waals surface area contributed by atoms with Crippen LogP contribution < -0.4 is 10.6 Å². The third-order valence-corrected chi connectivity index (χ3v) is 4.91. The molecule has 2 aromatic carbocycles. The van der Waals surface area contributed by atoms with Crippen LogP contribution >= 0.6 is 0 Å². The summed E-state index contributed by atoms with van der Waals surface area (Å²) in [5, 5.41) is 6.20. The molecule has 4 rings (SSSR count). The molecular formula is C23H24N4O2. The Bertz CT molecular complexity index is 982. The van der Waals surface area contributed by atoms with Crippen LogP contribution in [0.4, 0.5) is 11.5 Å². The largest absolute Gasteiger partial charge is 0.376 e. The van der Waals surface area contributed by atoms with E-state index in [2.05, 4.69) is 39.7 Å². The molecule has 29 heavy (non-hydrogen) atoms. The zero-order valence-electron chi connectivity index (χ0n) is 16.4. The Morgan fingerprint density at radius 3 is 2.76 bits per heavy atom. The van der Waals surface area contributed by atoms with Gasteiger partial charge in [0.1, 0.15) is 12.1 Å². The second-order valence-corrected chi connectivity index (χ2v) is 7.21. The van der Waals surface area contributed by atoms with Crippen molar-refractivity contribution in [3.63, 3.8) is 0 Å². The van der Waals surface area contributed by atoms with E-state index in [1.54, 1.807) is 18.5 Å². The molecule has 1 aliphatic rings. The smallest absolute Gasteiger partial charge is 0.251 e. The van der Waals surface area contributed by atoms with Crippen molar-refractivity contribution < 1.29 is 9.53 Å². The van der Waals surface area contributed by atoms with Gasteiger partial charge in [-0.1, -0.05) is 23.8 Å². The first-order chi connectivity index (χ1) is 14.2. The third-order valence-electron chi connectivity index (χ3n) is 4.91. The van der Waals surface area contributed by atoms with Crippen LogP contribution in [0.1, 0.15) is 28.8 Å². The standard InChI is InChI=1S/C23H24N4O2/c1-16-4-2-5-18(12-16)21-13-22(26-15-25-21)27-19-9-7-17(8-10-19)23(28)24-14-20-6-3-11-29-20/h2,4-5,7-10,12-13,15,20H,3,6,11,14H2,1H3,(H,24,28)(H,25,26,27). The van der Waals surface area contributed by atoms with Gasteiger partial charge in [0.05, 0.1) is 11.8 Å². The topological polar surface area (TPSA) is 76.1 Å². The van der Waals surface area contributed by atoms with Crippen molar-refractivity contribution in [1.82, 2.24) is 15.3 Å². The highest BCUT2D eigenvalue weighted by atomic mass is 16.5. The number of benzene rings is 2. The summed E-state index contributed by atoms with van der Waals surface area (Å²) < 4.78 is 5.54. The molecule has 2 heterocycles. The monoisotopic (exact) mass is 388 g/mol. The van der Waals surface area contributed by atoms with Crippen LogP contribution in [-0.4, -0.2) is 35.1 Å². The molecule has 1 unspecified atom stereocenters. The van der Waals surface area contributed by atoms with Crippen LogP contribution in [0.2, 0.25) is 0 Å². The Hall–Kier alpha value is -3.25. The number of aromatic nitrogens is 2. The van der Waals surface area contributed by atoms with E-state index < -0.39 is 0 Å². The van der Waals surface area contributed by atoms with Gasteiger partial charge in [0.25, 0.3) is 5.91 Å². The van der Waals surface area contributed by atoms with E-state index in [1.165, 1.54) is 5.56 Å². The maximum atomic E-state index is 12.3. The maximum absolute atomic E-state index is 12.3. The number of anilines is 2. The minimum atomic E-state index is -0.0872. The zero-order chi connectivity index (χ0) is 20.1. The number of hydrogen-bond acceptors (Lipinski definition) is 5. The summed E-state index contributed by atoms with van der Waals surface area (Å²) in [4.78, 5) is 21.0. The summed E-state index contributed by atoms with van der Waals surface area (Å²) >= 11 is 0. The van der Waals surface area contributed by atoms with Gasteiger partial charge in [0, 0.05) is 36.0 Å². The normalized spacial score (nSPS) is 15.8. The molecule has 0 bridgehead atoms. The molecule has 148 valence electrons. The number of hydrogen-bond donors (Lipinski definition) is 2. The highest BCUT2D eigenvalue weighted by molar-refractivity contribution is 5.94. The van der Waals surface area contributed by atoms with Crippen molar-refractivity contribution >= 4 is 17.4 Å². The van der Waals surface area contributed by atoms with Gasteiger partial charge < -0.3 is 15.4 Å². The Balaban J connectivity index is 1.39. The summed E-state index contributed by atoms with van der Waals surface area (Å²) in [5.41, 5.74) is 4.57. The highest BCUT2D eigenvalue weighted by Gasteiger charge is 2.16. The molecule has 1 amide bonds. The Morgan fingerprint density at radius 1 is 1.14 bits per heavy atom. The molecule has 6 nitrogen and oxygen atoms in total. The van der Waals surface area contributed by atoms with Crippen LogP contribution in [0.3, 0.4) is 0 Å². The number of carbonyl (C=O) groups is 1. The second kappa shape index (κ2) is 8.84. The van der Waals surface area contributed by atoms with Crippen molar-refractivity contribution in [2.24, 2.45) is 0 Å². The molecule has 0 radical (unpaired) electrons. The number of aryl methyl sites for hydroxylation is 1.